The molecule has 0 bridgehead atoms. The van der Waals surface area contributed by atoms with Gasteiger partial charge in [-0.05, 0) is 55.0 Å². The molecule has 31 heavy (non-hydrogen) atoms. The summed E-state index contributed by atoms with van der Waals surface area (Å²) in [7, 11) is 0. The molecule has 1 aromatic heterocycles. The summed E-state index contributed by atoms with van der Waals surface area (Å²) >= 11 is 12.4. The number of nitrogens with zero attached hydrogens (tertiary/aromatic N) is 2. The number of benzene rings is 3. The van der Waals surface area contributed by atoms with Crippen molar-refractivity contribution in [2.45, 2.75) is 13.5 Å². The average molecular weight is 453 g/mol. The van der Waals surface area contributed by atoms with Crippen molar-refractivity contribution in [2.24, 2.45) is 0 Å². The Bertz CT molecular complexity index is 1240. The molecule has 0 spiro atoms. The molecule has 0 aliphatic carbocycles. The fourth-order valence-electron chi connectivity index (χ4n) is 3.32. The van der Waals surface area contributed by atoms with Gasteiger partial charge in [-0.15, -0.1) is 0 Å². The van der Waals surface area contributed by atoms with Gasteiger partial charge in [-0.25, -0.2) is 9.48 Å². The van der Waals surface area contributed by atoms with Crippen LogP contribution in [-0.2, 0) is 6.61 Å². The second-order valence-corrected chi connectivity index (χ2v) is 7.78. The lowest BCUT2D eigenvalue weighted by atomic mass is 10.1. The van der Waals surface area contributed by atoms with Gasteiger partial charge in [-0.3, -0.25) is 0 Å². The van der Waals surface area contributed by atoms with Crippen molar-refractivity contribution >= 4 is 29.2 Å². The molecule has 0 unspecified atom stereocenters. The number of hydrogen-bond acceptors (Lipinski definition) is 3. The van der Waals surface area contributed by atoms with Crippen LogP contribution in [0.5, 0.6) is 5.75 Å². The van der Waals surface area contributed by atoms with Crippen molar-refractivity contribution in [3.63, 3.8) is 0 Å². The molecule has 5 nitrogen and oxygen atoms in total. The maximum Gasteiger partial charge on any atom is 0.356 e. The van der Waals surface area contributed by atoms with E-state index in [2.05, 4.69) is 5.10 Å². The SMILES string of the molecule is Cc1c(C(=O)O)nn(-c2ccc(Cl)cc2Cl)c1-c1ccc(OCc2ccccc2)cc1. The second-order valence-electron chi connectivity index (χ2n) is 6.93. The maximum atomic E-state index is 11.7. The van der Waals surface area contributed by atoms with E-state index in [4.69, 9.17) is 27.9 Å². The summed E-state index contributed by atoms with van der Waals surface area (Å²) in [6, 6.07) is 22.3. The summed E-state index contributed by atoms with van der Waals surface area (Å²) in [6.07, 6.45) is 0. The van der Waals surface area contributed by atoms with Gasteiger partial charge in [-0.2, -0.15) is 5.10 Å². The Morgan fingerprint density at radius 2 is 1.74 bits per heavy atom. The Labute approximate surface area is 189 Å². The van der Waals surface area contributed by atoms with Crippen molar-refractivity contribution in [1.82, 2.24) is 9.78 Å². The summed E-state index contributed by atoms with van der Waals surface area (Å²) in [4.78, 5) is 11.7. The van der Waals surface area contributed by atoms with Crippen LogP contribution in [0, 0.1) is 6.92 Å². The first-order chi connectivity index (χ1) is 14.9. The van der Waals surface area contributed by atoms with Crippen LogP contribution in [0.15, 0.2) is 72.8 Å². The molecule has 0 amide bonds. The third-order valence-electron chi connectivity index (χ3n) is 4.84. The third-order valence-corrected chi connectivity index (χ3v) is 5.38. The molecule has 0 aliphatic rings. The van der Waals surface area contributed by atoms with E-state index < -0.39 is 5.97 Å². The smallest absolute Gasteiger partial charge is 0.356 e. The van der Waals surface area contributed by atoms with Crippen molar-refractivity contribution in [1.29, 1.82) is 0 Å². The molecule has 0 saturated carbocycles. The van der Waals surface area contributed by atoms with Gasteiger partial charge in [0.15, 0.2) is 5.69 Å². The van der Waals surface area contributed by atoms with Gasteiger partial charge < -0.3 is 9.84 Å². The highest BCUT2D eigenvalue weighted by molar-refractivity contribution is 6.35. The zero-order chi connectivity index (χ0) is 22.0. The molecule has 0 fully saturated rings. The van der Waals surface area contributed by atoms with Crippen LogP contribution in [0.3, 0.4) is 0 Å². The Morgan fingerprint density at radius 3 is 2.39 bits per heavy atom. The molecular formula is C24H18Cl2N2O3. The number of aromatic carboxylic acids is 1. The highest BCUT2D eigenvalue weighted by Gasteiger charge is 2.22. The highest BCUT2D eigenvalue weighted by atomic mass is 35.5. The van der Waals surface area contributed by atoms with Gasteiger partial charge in [0.2, 0.25) is 0 Å². The van der Waals surface area contributed by atoms with Crippen LogP contribution in [0.2, 0.25) is 10.0 Å². The molecule has 0 saturated heterocycles. The maximum absolute atomic E-state index is 11.7. The number of carboxylic acids is 1. The van der Waals surface area contributed by atoms with E-state index in [1.807, 2.05) is 54.6 Å². The van der Waals surface area contributed by atoms with Crippen molar-refractivity contribution in [3.05, 3.63) is 99.7 Å². The number of carboxylic acid groups (broad SMARTS) is 1. The molecule has 156 valence electrons. The van der Waals surface area contributed by atoms with Gasteiger partial charge in [0.25, 0.3) is 0 Å². The monoisotopic (exact) mass is 452 g/mol. The second kappa shape index (κ2) is 8.84. The first-order valence-electron chi connectivity index (χ1n) is 9.49. The number of ether oxygens (including phenoxy) is 1. The Morgan fingerprint density at radius 1 is 1.03 bits per heavy atom. The molecule has 4 rings (SSSR count). The number of rotatable bonds is 6. The van der Waals surface area contributed by atoms with Crippen molar-refractivity contribution in [3.8, 4) is 22.7 Å². The molecule has 0 aliphatic heterocycles. The standard InChI is InChI=1S/C24H18Cl2N2O3/c1-15-22(24(29)30)27-28(21-12-9-18(25)13-20(21)26)23(15)17-7-10-19(11-8-17)31-14-16-5-3-2-4-6-16/h2-13H,14H2,1H3,(H,29,30). The largest absolute Gasteiger partial charge is 0.489 e. The highest BCUT2D eigenvalue weighted by Crippen LogP contribution is 2.33. The minimum atomic E-state index is -1.11. The summed E-state index contributed by atoms with van der Waals surface area (Å²) in [5.41, 5.74) is 3.54. The van der Waals surface area contributed by atoms with Gasteiger partial charge in [-0.1, -0.05) is 53.5 Å². The Hall–Kier alpha value is -3.28. The predicted molar refractivity (Wildman–Crippen MR) is 121 cm³/mol. The predicted octanol–water partition coefficient (Wildman–Crippen LogP) is 6.43. The topological polar surface area (TPSA) is 64.3 Å². The van der Waals surface area contributed by atoms with Gasteiger partial charge in [0, 0.05) is 16.1 Å². The van der Waals surface area contributed by atoms with Crippen LogP contribution >= 0.6 is 23.2 Å². The summed E-state index contributed by atoms with van der Waals surface area (Å²) in [6.45, 7) is 2.19. The molecule has 1 N–H and O–H groups in total. The summed E-state index contributed by atoms with van der Waals surface area (Å²) in [5.74, 6) is -0.398. The van der Waals surface area contributed by atoms with Crippen LogP contribution < -0.4 is 4.74 Å². The zero-order valence-corrected chi connectivity index (χ0v) is 18.1. The molecule has 3 aromatic carbocycles. The molecule has 4 aromatic rings. The quantitative estimate of drug-likeness (QED) is 0.365. The summed E-state index contributed by atoms with van der Waals surface area (Å²) < 4.78 is 7.39. The van der Waals surface area contributed by atoms with E-state index in [1.165, 1.54) is 4.68 Å². The third kappa shape index (κ3) is 4.43. The van der Waals surface area contributed by atoms with Crippen LogP contribution in [0.25, 0.3) is 16.9 Å². The molecule has 0 atom stereocenters. The van der Waals surface area contributed by atoms with Crippen molar-refractivity contribution in [2.75, 3.05) is 0 Å². The number of carbonyl (C=O) groups is 1. The lowest BCUT2D eigenvalue weighted by Crippen LogP contribution is -2.03. The van der Waals surface area contributed by atoms with Gasteiger partial charge >= 0.3 is 5.97 Å². The van der Waals surface area contributed by atoms with E-state index in [-0.39, 0.29) is 5.69 Å². The van der Waals surface area contributed by atoms with Gasteiger partial charge in [0.1, 0.15) is 12.4 Å². The van der Waals surface area contributed by atoms with Crippen LogP contribution in [0.1, 0.15) is 21.6 Å². The minimum Gasteiger partial charge on any atom is -0.489 e. The fraction of sp³-hybridized carbons (Fsp3) is 0.0833. The van der Waals surface area contributed by atoms with Crippen molar-refractivity contribution < 1.29 is 14.6 Å². The fourth-order valence-corrected chi connectivity index (χ4v) is 3.80. The number of halogens is 2. The number of hydrogen-bond donors (Lipinski definition) is 1. The minimum absolute atomic E-state index is 0.0366. The van der Waals surface area contributed by atoms with Crippen LogP contribution in [0.4, 0.5) is 0 Å². The Kier molecular flexibility index (Phi) is 5.98. The lowest BCUT2D eigenvalue weighted by molar-refractivity contribution is 0.0689. The summed E-state index contributed by atoms with van der Waals surface area (Å²) in [5, 5.41) is 14.7. The van der Waals surface area contributed by atoms with E-state index >= 15 is 0 Å². The molecule has 7 heteroatoms. The normalized spacial score (nSPS) is 10.8. The zero-order valence-electron chi connectivity index (χ0n) is 16.5. The molecule has 1 heterocycles. The van der Waals surface area contributed by atoms with E-state index in [0.717, 1.165) is 11.1 Å². The number of aromatic nitrogens is 2. The van der Waals surface area contributed by atoms with E-state index in [9.17, 15) is 9.90 Å². The lowest BCUT2D eigenvalue weighted by Gasteiger charge is -2.12. The average Bonchev–Trinajstić information content (AvgIpc) is 3.10. The molecular weight excluding hydrogens is 435 g/mol. The van der Waals surface area contributed by atoms with Gasteiger partial charge in [0.05, 0.1) is 16.4 Å². The first-order valence-corrected chi connectivity index (χ1v) is 10.2. The van der Waals surface area contributed by atoms with E-state index in [1.54, 1.807) is 25.1 Å². The van der Waals surface area contributed by atoms with Crippen LogP contribution in [-0.4, -0.2) is 20.9 Å². The first kappa shape index (κ1) is 21.0. The molecule has 0 radical (unpaired) electrons. The Balaban J connectivity index is 1.70. The van der Waals surface area contributed by atoms with E-state index in [0.29, 0.717) is 39.3 Å².